The van der Waals surface area contributed by atoms with Crippen LogP contribution in [0.3, 0.4) is 0 Å². The van der Waals surface area contributed by atoms with Crippen molar-refractivity contribution in [2.75, 3.05) is 7.05 Å². The highest BCUT2D eigenvalue weighted by Crippen LogP contribution is 2.12. The largest absolute Gasteiger partial charge is 0.446 e. The van der Waals surface area contributed by atoms with E-state index in [0.717, 1.165) is 5.56 Å². The summed E-state index contributed by atoms with van der Waals surface area (Å²) in [6.07, 6.45) is 1.28. The molecular formula is C10H10FNO. The van der Waals surface area contributed by atoms with Crippen LogP contribution in [0.1, 0.15) is 5.56 Å². The highest BCUT2D eigenvalue weighted by Gasteiger charge is 1.98. The molecule has 0 radical (unpaired) electrons. The molecule has 0 heterocycles. The van der Waals surface area contributed by atoms with Crippen molar-refractivity contribution in [2.45, 2.75) is 0 Å². The number of nitrogens with zero attached hydrogens (tertiary/aromatic N) is 1. The third-order valence-corrected chi connectivity index (χ3v) is 1.47. The SMILES string of the molecule is C=C(O/C=N/C)c1ccc(F)cc1. The zero-order chi connectivity index (χ0) is 9.68. The Morgan fingerprint density at radius 2 is 2.08 bits per heavy atom. The van der Waals surface area contributed by atoms with Crippen molar-refractivity contribution < 1.29 is 9.13 Å². The van der Waals surface area contributed by atoms with Crippen molar-refractivity contribution in [3.05, 3.63) is 42.2 Å². The molecule has 0 N–H and O–H groups in total. The number of aliphatic imine (C=N–C) groups is 1. The standard InChI is InChI=1S/C10H10FNO/c1-8(13-7-12-2)9-3-5-10(11)6-4-9/h3-7H,1H2,2H3/b12-7+. The fourth-order valence-corrected chi connectivity index (χ4v) is 0.820. The topological polar surface area (TPSA) is 21.6 Å². The molecule has 0 bridgehead atoms. The lowest BCUT2D eigenvalue weighted by molar-refractivity contribution is 0.530. The Balaban J connectivity index is 2.72. The van der Waals surface area contributed by atoms with E-state index in [1.807, 2.05) is 0 Å². The van der Waals surface area contributed by atoms with E-state index in [4.69, 9.17) is 4.74 Å². The van der Waals surface area contributed by atoms with Crippen LogP contribution in [0.25, 0.3) is 5.76 Å². The smallest absolute Gasteiger partial charge is 0.176 e. The lowest BCUT2D eigenvalue weighted by Crippen LogP contribution is -1.88. The van der Waals surface area contributed by atoms with E-state index in [9.17, 15) is 4.39 Å². The predicted molar refractivity (Wildman–Crippen MR) is 50.9 cm³/mol. The van der Waals surface area contributed by atoms with Gasteiger partial charge in [-0.25, -0.2) is 4.39 Å². The summed E-state index contributed by atoms with van der Waals surface area (Å²) in [5, 5.41) is 0. The average Bonchev–Trinajstić information content (AvgIpc) is 2.15. The van der Waals surface area contributed by atoms with Gasteiger partial charge in [-0.3, -0.25) is 4.99 Å². The van der Waals surface area contributed by atoms with Crippen molar-refractivity contribution in [1.29, 1.82) is 0 Å². The van der Waals surface area contributed by atoms with Gasteiger partial charge in [0.25, 0.3) is 0 Å². The molecular weight excluding hydrogens is 169 g/mol. The van der Waals surface area contributed by atoms with Gasteiger partial charge in [0, 0.05) is 12.6 Å². The molecule has 0 amide bonds. The van der Waals surface area contributed by atoms with E-state index in [2.05, 4.69) is 11.6 Å². The summed E-state index contributed by atoms with van der Waals surface area (Å²) in [7, 11) is 1.60. The fraction of sp³-hybridized carbons (Fsp3) is 0.100. The molecule has 68 valence electrons. The highest BCUT2D eigenvalue weighted by atomic mass is 19.1. The predicted octanol–water partition coefficient (Wildman–Crippen LogP) is 2.47. The van der Waals surface area contributed by atoms with Gasteiger partial charge in [0.15, 0.2) is 6.40 Å². The number of ether oxygens (including phenoxy) is 1. The number of hydrogen-bond acceptors (Lipinski definition) is 2. The lowest BCUT2D eigenvalue weighted by atomic mass is 10.2. The fourth-order valence-electron chi connectivity index (χ4n) is 0.820. The maximum atomic E-state index is 12.5. The van der Waals surface area contributed by atoms with Crippen LogP contribution in [0.5, 0.6) is 0 Å². The Labute approximate surface area is 76.4 Å². The van der Waals surface area contributed by atoms with Crippen LogP contribution in [-0.2, 0) is 4.74 Å². The Hall–Kier alpha value is -1.64. The van der Waals surface area contributed by atoms with Gasteiger partial charge in [-0.05, 0) is 24.3 Å². The van der Waals surface area contributed by atoms with Crippen LogP contribution in [0.2, 0.25) is 0 Å². The number of rotatable bonds is 3. The van der Waals surface area contributed by atoms with Gasteiger partial charge in [0.1, 0.15) is 11.6 Å². The first kappa shape index (κ1) is 9.45. The molecule has 1 rings (SSSR count). The zero-order valence-electron chi connectivity index (χ0n) is 7.33. The molecule has 1 aromatic rings. The number of hydrogen-bond donors (Lipinski definition) is 0. The van der Waals surface area contributed by atoms with Crippen molar-refractivity contribution in [1.82, 2.24) is 0 Å². The molecule has 2 nitrogen and oxygen atoms in total. The van der Waals surface area contributed by atoms with E-state index < -0.39 is 0 Å². The first-order chi connectivity index (χ1) is 6.24. The number of halogens is 1. The second-order valence-corrected chi connectivity index (χ2v) is 2.41. The third kappa shape index (κ3) is 2.71. The molecule has 0 saturated heterocycles. The molecule has 0 aliphatic heterocycles. The first-order valence-electron chi connectivity index (χ1n) is 3.76. The number of benzene rings is 1. The highest BCUT2D eigenvalue weighted by molar-refractivity contribution is 5.65. The van der Waals surface area contributed by atoms with Gasteiger partial charge in [-0.1, -0.05) is 6.58 Å². The van der Waals surface area contributed by atoms with Crippen LogP contribution in [-0.4, -0.2) is 13.4 Å². The normalized spacial score (nSPS) is 10.3. The monoisotopic (exact) mass is 179 g/mol. The summed E-state index contributed by atoms with van der Waals surface area (Å²) >= 11 is 0. The van der Waals surface area contributed by atoms with Crippen LogP contribution in [0, 0.1) is 5.82 Å². The van der Waals surface area contributed by atoms with Gasteiger partial charge >= 0.3 is 0 Å². The van der Waals surface area contributed by atoms with E-state index in [0.29, 0.717) is 5.76 Å². The first-order valence-corrected chi connectivity index (χ1v) is 3.76. The molecule has 0 fully saturated rings. The molecule has 0 aliphatic carbocycles. The van der Waals surface area contributed by atoms with Crippen molar-refractivity contribution in [3.63, 3.8) is 0 Å². The minimum atomic E-state index is -0.277. The van der Waals surface area contributed by atoms with Crippen LogP contribution < -0.4 is 0 Å². The minimum absolute atomic E-state index is 0.277. The molecule has 0 unspecified atom stereocenters. The van der Waals surface area contributed by atoms with Gasteiger partial charge < -0.3 is 4.74 Å². The minimum Gasteiger partial charge on any atom is -0.446 e. The lowest BCUT2D eigenvalue weighted by Gasteiger charge is -2.02. The molecule has 0 spiro atoms. The van der Waals surface area contributed by atoms with Crippen molar-refractivity contribution in [2.24, 2.45) is 4.99 Å². The molecule has 1 aromatic carbocycles. The molecule has 13 heavy (non-hydrogen) atoms. The van der Waals surface area contributed by atoms with E-state index >= 15 is 0 Å². The summed E-state index contributed by atoms with van der Waals surface area (Å²) in [6.45, 7) is 3.66. The van der Waals surface area contributed by atoms with E-state index in [1.54, 1.807) is 19.2 Å². The maximum Gasteiger partial charge on any atom is 0.176 e. The van der Waals surface area contributed by atoms with Crippen molar-refractivity contribution in [3.8, 4) is 0 Å². The molecule has 3 heteroatoms. The summed E-state index contributed by atoms with van der Waals surface area (Å²) in [5.41, 5.74) is 0.737. The summed E-state index contributed by atoms with van der Waals surface area (Å²) in [6, 6.07) is 5.91. The second-order valence-electron chi connectivity index (χ2n) is 2.41. The van der Waals surface area contributed by atoms with Gasteiger partial charge in [-0.2, -0.15) is 0 Å². The van der Waals surface area contributed by atoms with Crippen LogP contribution in [0.15, 0.2) is 35.8 Å². The molecule has 0 aliphatic rings. The van der Waals surface area contributed by atoms with E-state index in [-0.39, 0.29) is 5.82 Å². The summed E-state index contributed by atoms with van der Waals surface area (Å²) < 4.78 is 17.5. The van der Waals surface area contributed by atoms with Crippen LogP contribution >= 0.6 is 0 Å². The summed E-state index contributed by atoms with van der Waals surface area (Å²) in [5.74, 6) is 0.173. The maximum absolute atomic E-state index is 12.5. The summed E-state index contributed by atoms with van der Waals surface area (Å²) in [4.78, 5) is 3.64. The molecule has 0 aromatic heterocycles. The molecule has 0 saturated carbocycles. The van der Waals surface area contributed by atoms with Crippen molar-refractivity contribution >= 4 is 12.2 Å². The van der Waals surface area contributed by atoms with Gasteiger partial charge in [0.05, 0.1) is 0 Å². The molecule has 0 atom stereocenters. The quantitative estimate of drug-likeness (QED) is 0.397. The Bertz CT molecular complexity index is 316. The average molecular weight is 179 g/mol. The zero-order valence-corrected chi connectivity index (χ0v) is 7.33. The third-order valence-electron chi connectivity index (χ3n) is 1.47. The van der Waals surface area contributed by atoms with Crippen LogP contribution in [0.4, 0.5) is 4.39 Å². The Kier molecular flexibility index (Phi) is 3.20. The van der Waals surface area contributed by atoms with E-state index in [1.165, 1.54) is 18.5 Å². The second kappa shape index (κ2) is 4.40. The van der Waals surface area contributed by atoms with Gasteiger partial charge in [-0.15, -0.1) is 0 Å². The Morgan fingerprint density at radius 1 is 1.46 bits per heavy atom. The van der Waals surface area contributed by atoms with Gasteiger partial charge in [0.2, 0.25) is 0 Å². The Morgan fingerprint density at radius 3 is 2.62 bits per heavy atom.